The average Bonchev–Trinajstić information content (AvgIpc) is 2.84. The summed E-state index contributed by atoms with van der Waals surface area (Å²) in [5.41, 5.74) is 0.593. The lowest BCUT2D eigenvalue weighted by atomic mass is 9.67. The molecule has 0 spiro atoms. The molecule has 3 aliphatic heterocycles. The molecule has 3 saturated heterocycles. The zero-order valence-corrected chi connectivity index (χ0v) is 19.1. The van der Waals surface area contributed by atoms with Gasteiger partial charge in [0.15, 0.2) is 0 Å². The molecule has 1 aliphatic carbocycles. The first-order valence-corrected chi connectivity index (χ1v) is 12.3. The largest absolute Gasteiger partial charge is 0.355 e. The smallest absolute Gasteiger partial charge is 0.252 e. The summed E-state index contributed by atoms with van der Waals surface area (Å²) in [5.74, 6) is 2.58. The highest BCUT2D eigenvalue weighted by atomic mass is 16.2. The van der Waals surface area contributed by atoms with Gasteiger partial charge in [-0.05, 0) is 62.6 Å². The number of carbonyl (C=O) groups is 2. The van der Waals surface area contributed by atoms with Gasteiger partial charge < -0.3 is 20.9 Å². The lowest BCUT2D eigenvalue weighted by molar-refractivity contribution is -0.133. The number of piperazine rings is 1. The van der Waals surface area contributed by atoms with E-state index in [1.807, 2.05) is 12.1 Å². The second-order valence-electron chi connectivity index (χ2n) is 9.96. The molecule has 4 heterocycles. The third-order valence-corrected chi connectivity index (χ3v) is 8.09. The van der Waals surface area contributed by atoms with E-state index in [0.717, 1.165) is 64.3 Å². The molecule has 5 unspecified atom stereocenters. The van der Waals surface area contributed by atoms with Gasteiger partial charge in [-0.2, -0.15) is 0 Å². The zero-order valence-electron chi connectivity index (χ0n) is 19.1. The number of hydrogen-bond donors (Lipinski definition) is 3. The van der Waals surface area contributed by atoms with Gasteiger partial charge in [-0.3, -0.25) is 14.5 Å². The number of fused-ring (bicyclic) bond motifs is 3. The fourth-order valence-electron chi connectivity index (χ4n) is 6.37. The van der Waals surface area contributed by atoms with E-state index in [-0.39, 0.29) is 17.7 Å². The molecule has 0 radical (unpaired) electrons. The Balaban J connectivity index is 1.11. The van der Waals surface area contributed by atoms with Crippen LogP contribution in [0.5, 0.6) is 0 Å². The van der Waals surface area contributed by atoms with Crippen LogP contribution in [-0.4, -0.2) is 80.1 Å². The van der Waals surface area contributed by atoms with Crippen molar-refractivity contribution in [3.63, 3.8) is 0 Å². The first-order valence-electron chi connectivity index (χ1n) is 12.3. The molecular weight excluding hydrogens is 404 g/mol. The van der Waals surface area contributed by atoms with Crippen molar-refractivity contribution in [1.82, 2.24) is 25.8 Å². The molecule has 5 rings (SSSR count). The number of anilines is 1. The Labute approximate surface area is 190 Å². The molecule has 3 N–H and O–H groups in total. The Hall–Kier alpha value is -2.19. The van der Waals surface area contributed by atoms with Crippen molar-refractivity contribution in [2.24, 2.45) is 17.8 Å². The summed E-state index contributed by atoms with van der Waals surface area (Å²) in [6.07, 6.45) is 7.43. The molecule has 2 amide bonds. The summed E-state index contributed by atoms with van der Waals surface area (Å²) >= 11 is 0. The summed E-state index contributed by atoms with van der Waals surface area (Å²) in [6, 6.07) is 4.53. The predicted molar refractivity (Wildman–Crippen MR) is 124 cm³/mol. The monoisotopic (exact) mass is 440 g/mol. The third-order valence-electron chi connectivity index (χ3n) is 8.09. The Kier molecular flexibility index (Phi) is 6.33. The summed E-state index contributed by atoms with van der Waals surface area (Å²) in [7, 11) is 1.63. The van der Waals surface area contributed by atoms with E-state index in [0.29, 0.717) is 29.5 Å². The number of aromatic nitrogens is 1. The summed E-state index contributed by atoms with van der Waals surface area (Å²) in [5, 5.41) is 9.70. The van der Waals surface area contributed by atoms with E-state index in [9.17, 15) is 9.59 Å². The SMILES string of the molecule is CNC(=O)c1ccc(N2CCN(CC3CCC4C(C3)NC(=O)C3CCCNC34)CC2)nc1. The second kappa shape index (κ2) is 9.35. The maximum Gasteiger partial charge on any atom is 0.252 e. The maximum absolute atomic E-state index is 12.6. The number of piperidine rings is 2. The van der Waals surface area contributed by atoms with Crippen LogP contribution in [0, 0.1) is 17.8 Å². The molecule has 0 aromatic carbocycles. The van der Waals surface area contributed by atoms with Crippen molar-refractivity contribution in [2.75, 3.05) is 51.2 Å². The van der Waals surface area contributed by atoms with Gasteiger partial charge in [0.2, 0.25) is 5.91 Å². The molecular formula is C24H36N6O2. The van der Waals surface area contributed by atoms with Crippen LogP contribution < -0.4 is 20.9 Å². The van der Waals surface area contributed by atoms with Gasteiger partial charge in [-0.1, -0.05) is 0 Å². The van der Waals surface area contributed by atoms with Crippen LogP contribution >= 0.6 is 0 Å². The van der Waals surface area contributed by atoms with Crippen molar-refractivity contribution in [2.45, 2.75) is 44.2 Å². The van der Waals surface area contributed by atoms with E-state index in [1.165, 1.54) is 12.8 Å². The Morgan fingerprint density at radius 2 is 2.03 bits per heavy atom. The van der Waals surface area contributed by atoms with Crippen molar-refractivity contribution in [3.8, 4) is 0 Å². The van der Waals surface area contributed by atoms with Gasteiger partial charge >= 0.3 is 0 Å². The average molecular weight is 441 g/mol. The first-order chi connectivity index (χ1) is 15.6. The van der Waals surface area contributed by atoms with Crippen LogP contribution in [0.2, 0.25) is 0 Å². The van der Waals surface area contributed by atoms with E-state index in [4.69, 9.17) is 0 Å². The number of rotatable bonds is 4. The number of nitrogens with zero attached hydrogens (tertiary/aromatic N) is 3. The second-order valence-corrected chi connectivity index (χ2v) is 9.96. The number of hydrogen-bond acceptors (Lipinski definition) is 6. The van der Waals surface area contributed by atoms with E-state index in [2.05, 4.69) is 30.7 Å². The molecule has 32 heavy (non-hydrogen) atoms. The van der Waals surface area contributed by atoms with Crippen LogP contribution in [0.15, 0.2) is 18.3 Å². The number of carbonyl (C=O) groups excluding carboxylic acids is 2. The van der Waals surface area contributed by atoms with Gasteiger partial charge in [0, 0.05) is 58.1 Å². The molecule has 4 fully saturated rings. The van der Waals surface area contributed by atoms with Gasteiger partial charge in [0.05, 0.1) is 11.5 Å². The van der Waals surface area contributed by atoms with Crippen LogP contribution in [0.3, 0.4) is 0 Å². The van der Waals surface area contributed by atoms with Crippen LogP contribution in [0.4, 0.5) is 5.82 Å². The molecule has 1 aromatic heterocycles. The molecule has 0 bridgehead atoms. The van der Waals surface area contributed by atoms with E-state index >= 15 is 0 Å². The molecule has 174 valence electrons. The molecule has 5 atom stereocenters. The van der Waals surface area contributed by atoms with Gasteiger partial charge in [0.25, 0.3) is 5.91 Å². The summed E-state index contributed by atoms with van der Waals surface area (Å²) in [6.45, 7) is 6.15. The molecule has 1 saturated carbocycles. The minimum absolute atomic E-state index is 0.104. The summed E-state index contributed by atoms with van der Waals surface area (Å²) in [4.78, 5) is 33.7. The topological polar surface area (TPSA) is 89.6 Å². The van der Waals surface area contributed by atoms with Crippen LogP contribution in [-0.2, 0) is 4.79 Å². The molecule has 4 aliphatic rings. The fraction of sp³-hybridized carbons (Fsp3) is 0.708. The van der Waals surface area contributed by atoms with Crippen molar-refractivity contribution < 1.29 is 9.59 Å². The molecule has 8 nitrogen and oxygen atoms in total. The summed E-state index contributed by atoms with van der Waals surface area (Å²) < 4.78 is 0. The highest BCUT2D eigenvalue weighted by molar-refractivity contribution is 5.93. The van der Waals surface area contributed by atoms with Gasteiger partial charge in [-0.15, -0.1) is 0 Å². The zero-order chi connectivity index (χ0) is 22.1. The van der Waals surface area contributed by atoms with E-state index < -0.39 is 0 Å². The minimum atomic E-state index is -0.104. The normalized spacial score (nSPS) is 33.1. The van der Waals surface area contributed by atoms with Crippen molar-refractivity contribution in [1.29, 1.82) is 0 Å². The fourth-order valence-corrected chi connectivity index (χ4v) is 6.37. The minimum Gasteiger partial charge on any atom is -0.355 e. The van der Waals surface area contributed by atoms with Crippen molar-refractivity contribution >= 4 is 17.6 Å². The quantitative estimate of drug-likeness (QED) is 0.643. The number of pyridine rings is 1. The van der Waals surface area contributed by atoms with Crippen molar-refractivity contribution in [3.05, 3.63) is 23.9 Å². The lowest BCUT2D eigenvalue weighted by Gasteiger charge is -2.50. The van der Waals surface area contributed by atoms with Gasteiger partial charge in [-0.25, -0.2) is 4.98 Å². The number of amides is 2. The Morgan fingerprint density at radius 3 is 2.78 bits per heavy atom. The van der Waals surface area contributed by atoms with Crippen LogP contribution in [0.25, 0.3) is 0 Å². The van der Waals surface area contributed by atoms with E-state index in [1.54, 1.807) is 13.2 Å². The predicted octanol–water partition coefficient (Wildman–Crippen LogP) is 0.846. The standard InChI is InChI=1S/C24H36N6O2/c1-25-23(31)17-5-7-21(27-14-17)30-11-9-29(10-12-30)15-16-4-6-18-20(13-16)28-24(32)19-3-2-8-26-22(18)19/h5,7,14,16,18-20,22,26H,2-4,6,8-13,15H2,1H3,(H,25,31)(H,28,32). The molecule has 8 heteroatoms. The highest BCUT2D eigenvalue weighted by Crippen LogP contribution is 2.39. The lowest BCUT2D eigenvalue weighted by Crippen LogP contribution is -2.64. The molecule has 1 aromatic rings. The highest BCUT2D eigenvalue weighted by Gasteiger charge is 2.47. The maximum atomic E-state index is 12.6. The first kappa shape index (κ1) is 21.6. The third kappa shape index (κ3) is 4.35. The Morgan fingerprint density at radius 1 is 1.19 bits per heavy atom. The number of nitrogens with one attached hydrogen (secondary N) is 3. The van der Waals surface area contributed by atoms with Gasteiger partial charge in [0.1, 0.15) is 5.82 Å². The van der Waals surface area contributed by atoms with Crippen LogP contribution in [0.1, 0.15) is 42.5 Å². The Bertz CT molecular complexity index is 822.